The Morgan fingerprint density at radius 2 is 1.75 bits per heavy atom. The molecule has 5 heteroatoms. The number of carbonyl (C=O) groups is 2. The van der Waals surface area contributed by atoms with Crippen LogP contribution in [0.1, 0.15) is 15.9 Å². The molecule has 0 aromatic heterocycles. The SMILES string of the molecule is Cc1cccc(-c2ccc(C(=O)NO)cc2)c1.NC=O. The fourth-order valence-corrected chi connectivity index (χ4v) is 1.70. The summed E-state index contributed by atoms with van der Waals surface area (Å²) in [5.74, 6) is -0.499. The van der Waals surface area contributed by atoms with Crippen LogP contribution in [0.4, 0.5) is 0 Å². The smallest absolute Gasteiger partial charge is 0.274 e. The number of rotatable bonds is 2. The fraction of sp³-hybridized carbons (Fsp3) is 0.0667. The molecule has 0 saturated carbocycles. The molecule has 20 heavy (non-hydrogen) atoms. The van der Waals surface area contributed by atoms with Crippen molar-refractivity contribution in [3.63, 3.8) is 0 Å². The monoisotopic (exact) mass is 272 g/mol. The lowest BCUT2D eigenvalue weighted by Gasteiger charge is -2.04. The normalized spacial score (nSPS) is 9.10. The van der Waals surface area contributed by atoms with E-state index in [1.54, 1.807) is 17.6 Å². The highest BCUT2D eigenvalue weighted by atomic mass is 16.5. The molecule has 104 valence electrons. The summed E-state index contributed by atoms with van der Waals surface area (Å²) >= 11 is 0. The molecule has 0 fully saturated rings. The van der Waals surface area contributed by atoms with Gasteiger partial charge in [0.1, 0.15) is 0 Å². The minimum atomic E-state index is -0.499. The van der Waals surface area contributed by atoms with Gasteiger partial charge in [0.2, 0.25) is 6.41 Å². The molecule has 0 spiro atoms. The summed E-state index contributed by atoms with van der Waals surface area (Å²) in [5, 5.41) is 8.51. The first kappa shape index (κ1) is 15.4. The number of hydrogen-bond acceptors (Lipinski definition) is 3. The van der Waals surface area contributed by atoms with Gasteiger partial charge in [-0.05, 0) is 30.2 Å². The zero-order valence-electron chi connectivity index (χ0n) is 11.0. The average Bonchev–Trinajstić information content (AvgIpc) is 2.47. The van der Waals surface area contributed by atoms with E-state index < -0.39 is 5.91 Å². The topological polar surface area (TPSA) is 92.4 Å². The quantitative estimate of drug-likeness (QED) is 0.443. The summed E-state index contributed by atoms with van der Waals surface area (Å²) in [6.45, 7) is 2.04. The van der Waals surface area contributed by atoms with E-state index in [0.717, 1.165) is 11.1 Å². The van der Waals surface area contributed by atoms with Crippen LogP contribution < -0.4 is 11.2 Å². The maximum Gasteiger partial charge on any atom is 0.274 e. The zero-order valence-corrected chi connectivity index (χ0v) is 11.0. The first-order chi connectivity index (χ1) is 9.62. The molecular formula is C15H16N2O3. The first-order valence-electron chi connectivity index (χ1n) is 5.89. The molecule has 0 aliphatic rings. The number of hydrogen-bond donors (Lipinski definition) is 3. The van der Waals surface area contributed by atoms with Crippen LogP contribution >= 0.6 is 0 Å². The Bertz CT molecular complexity index is 580. The number of carbonyl (C=O) groups excluding carboxylic acids is 2. The van der Waals surface area contributed by atoms with Crippen molar-refractivity contribution in [1.82, 2.24) is 5.48 Å². The Hall–Kier alpha value is -2.66. The summed E-state index contributed by atoms with van der Waals surface area (Å²) < 4.78 is 0. The van der Waals surface area contributed by atoms with Gasteiger partial charge in [-0.25, -0.2) is 5.48 Å². The number of amides is 2. The summed E-state index contributed by atoms with van der Waals surface area (Å²) in [5.41, 5.74) is 9.56. The predicted octanol–water partition coefficient (Wildman–Crippen LogP) is 1.88. The third-order valence-corrected chi connectivity index (χ3v) is 2.60. The molecule has 0 aliphatic carbocycles. The molecule has 0 aliphatic heterocycles. The predicted molar refractivity (Wildman–Crippen MR) is 76.1 cm³/mol. The van der Waals surface area contributed by atoms with Crippen LogP contribution in [-0.2, 0) is 4.79 Å². The van der Waals surface area contributed by atoms with Crippen molar-refractivity contribution in [2.24, 2.45) is 5.73 Å². The van der Waals surface area contributed by atoms with E-state index in [4.69, 9.17) is 10.0 Å². The van der Waals surface area contributed by atoms with Crippen molar-refractivity contribution in [1.29, 1.82) is 0 Å². The van der Waals surface area contributed by atoms with E-state index in [1.807, 2.05) is 37.3 Å². The van der Waals surface area contributed by atoms with E-state index in [2.05, 4.69) is 11.8 Å². The highest BCUT2D eigenvalue weighted by Crippen LogP contribution is 2.20. The summed E-state index contributed by atoms with van der Waals surface area (Å²) in [4.78, 5) is 19.7. The molecule has 0 radical (unpaired) electrons. The lowest BCUT2D eigenvalue weighted by molar-refractivity contribution is -0.106. The number of primary amides is 1. The van der Waals surface area contributed by atoms with Gasteiger partial charge in [0, 0.05) is 5.56 Å². The molecule has 5 nitrogen and oxygen atoms in total. The lowest BCUT2D eigenvalue weighted by Crippen LogP contribution is -2.18. The number of aryl methyl sites for hydroxylation is 1. The summed E-state index contributed by atoms with van der Waals surface area (Å²) in [7, 11) is 0. The molecule has 2 amide bonds. The van der Waals surface area contributed by atoms with Gasteiger partial charge in [0.25, 0.3) is 5.91 Å². The first-order valence-corrected chi connectivity index (χ1v) is 5.89. The standard InChI is InChI=1S/C14H13NO2.CH3NO/c1-10-3-2-4-13(9-10)11-5-7-12(8-6-11)14(16)15-17;2-1-3/h2-9,17H,1H3,(H,15,16);1H,(H2,2,3). The summed E-state index contributed by atoms with van der Waals surface area (Å²) in [6.07, 6.45) is 0.250. The number of benzene rings is 2. The summed E-state index contributed by atoms with van der Waals surface area (Å²) in [6, 6.07) is 15.2. The molecule has 0 saturated heterocycles. The van der Waals surface area contributed by atoms with Crippen LogP contribution in [0.25, 0.3) is 11.1 Å². The molecule has 0 atom stereocenters. The van der Waals surface area contributed by atoms with Crippen molar-refractivity contribution in [2.45, 2.75) is 6.92 Å². The molecule has 2 aromatic rings. The minimum absolute atomic E-state index is 0.250. The number of hydroxylamine groups is 1. The van der Waals surface area contributed by atoms with E-state index in [1.165, 1.54) is 5.56 Å². The van der Waals surface area contributed by atoms with Gasteiger partial charge in [-0.15, -0.1) is 0 Å². The van der Waals surface area contributed by atoms with Gasteiger partial charge in [-0.1, -0.05) is 42.0 Å². The van der Waals surface area contributed by atoms with Crippen LogP contribution in [0, 0.1) is 6.92 Å². The maximum absolute atomic E-state index is 11.2. The van der Waals surface area contributed by atoms with Crippen LogP contribution in [0.3, 0.4) is 0 Å². The largest absolute Gasteiger partial charge is 0.372 e. The highest BCUT2D eigenvalue weighted by Gasteiger charge is 2.04. The fourth-order valence-electron chi connectivity index (χ4n) is 1.70. The van der Waals surface area contributed by atoms with Gasteiger partial charge >= 0.3 is 0 Å². The van der Waals surface area contributed by atoms with Crippen LogP contribution in [0.2, 0.25) is 0 Å². The number of nitrogens with two attached hydrogens (primary N) is 1. The minimum Gasteiger partial charge on any atom is -0.372 e. The molecule has 2 rings (SSSR count). The molecule has 0 bridgehead atoms. The Balaban J connectivity index is 0.000000612. The maximum atomic E-state index is 11.2. The molecule has 0 heterocycles. The van der Waals surface area contributed by atoms with Crippen LogP contribution in [-0.4, -0.2) is 17.5 Å². The van der Waals surface area contributed by atoms with Gasteiger partial charge < -0.3 is 5.73 Å². The van der Waals surface area contributed by atoms with Crippen molar-refractivity contribution >= 4 is 12.3 Å². The van der Waals surface area contributed by atoms with E-state index in [9.17, 15) is 4.79 Å². The Labute approximate surface area is 117 Å². The third kappa shape index (κ3) is 4.22. The van der Waals surface area contributed by atoms with Gasteiger partial charge in [-0.2, -0.15) is 0 Å². The molecule has 4 N–H and O–H groups in total. The third-order valence-electron chi connectivity index (χ3n) is 2.60. The lowest BCUT2D eigenvalue weighted by atomic mass is 10.0. The molecule has 0 unspecified atom stereocenters. The van der Waals surface area contributed by atoms with Crippen molar-refractivity contribution in [2.75, 3.05) is 0 Å². The van der Waals surface area contributed by atoms with Crippen molar-refractivity contribution in [3.05, 3.63) is 59.7 Å². The van der Waals surface area contributed by atoms with Gasteiger partial charge in [0.05, 0.1) is 0 Å². The molecule has 2 aromatic carbocycles. The van der Waals surface area contributed by atoms with Crippen LogP contribution in [0.15, 0.2) is 48.5 Å². The van der Waals surface area contributed by atoms with E-state index in [-0.39, 0.29) is 6.41 Å². The second kappa shape index (κ2) is 7.70. The average molecular weight is 272 g/mol. The van der Waals surface area contributed by atoms with Gasteiger partial charge in [0.15, 0.2) is 0 Å². The Morgan fingerprint density at radius 3 is 2.25 bits per heavy atom. The Morgan fingerprint density at radius 1 is 1.15 bits per heavy atom. The van der Waals surface area contributed by atoms with Gasteiger partial charge in [-0.3, -0.25) is 14.8 Å². The Kier molecular flexibility index (Phi) is 5.93. The highest BCUT2D eigenvalue weighted by molar-refractivity contribution is 5.93. The van der Waals surface area contributed by atoms with E-state index >= 15 is 0 Å². The zero-order chi connectivity index (χ0) is 15.0. The van der Waals surface area contributed by atoms with Crippen molar-refractivity contribution in [3.8, 4) is 11.1 Å². The molecular weight excluding hydrogens is 256 g/mol. The van der Waals surface area contributed by atoms with E-state index in [0.29, 0.717) is 5.56 Å². The number of nitrogens with one attached hydrogen (secondary N) is 1. The van der Waals surface area contributed by atoms with Crippen LogP contribution in [0.5, 0.6) is 0 Å². The second-order valence-corrected chi connectivity index (χ2v) is 4.02. The second-order valence-electron chi connectivity index (χ2n) is 4.02. The van der Waals surface area contributed by atoms with Crippen molar-refractivity contribution < 1.29 is 14.8 Å².